The van der Waals surface area contributed by atoms with Crippen molar-refractivity contribution in [2.45, 2.75) is 45.7 Å². The third-order valence-corrected chi connectivity index (χ3v) is 7.53. The summed E-state index contributed by atoms with van der Waals surface area (Å²) in [4.78, 5) is 23.4. The normalized spacial score (nSPS) is 12.5. The van der Waals surface area contributed by atoms with Crippen molar-refractivity contribution in [1.82, 2.24) is 0 Å². The molecule has 2 unspecified atom stereocenters. The van der Waals surface area contributed by atoms with E-state index in [9.17, 15) is 9.59 Å². The molecule has 2 atom stereocenters. The first-order valence-corrected chi connectivity index (χ1v) is 14.7. The Morgan fingerprint density at radius 1 is 0.744 bits per heavy atom. The SMILES string of the molecule is C=CCOC(=O)OC(C)Oc1c(Br)cc(C(C)(C)c2cc(Br)c(OC(C)OC(=O)OCC=C)c(Br)c2)cc1Br. The fraction of sp³-hybridized carbons (Fsp3) is 0.333. The Morgan fingerprint density at radius 3 is 1.33 bits per heavy atom. The zero-order chi connectivity index (χ0) is 29.3. The smallest absolute Gasteiger partial charge is 0.453 e. The van der Waals surface area contributed by atoms with E-state index in [1.165, 1.54) is 12.2 Å². The molecule has 0 N–H and O–H groups in total. The third kappa shape index (κ3) is 9.54. The lowest BCUT2D eigenvalue weighted by Crippen LogP contribution is -2.23. The minimum Gasteiger partial charge on any atom is -0.453 e. The van der Waals surface area contributed by atoms with E-state index in [0.717, 1.165) is 11.1 Å². The van der Waals surface area contributed by atoms with Crippen molar-refractivity contribution in [3.63, 3.8) is 0 Å². The number of halogens is 4. The van der Waals surface area contributed by atoms with E-state index in [2.05, 4.69) is 90.7 Å². The maximum absolute atomic E-state index is 11.7. The van der Waals surface area contributed by atoms with Crippen LogP contribution in [0.4, 0.5) is 9.59 Å². The summed E-state index contributed by atoms with van der Waals surface area (Å²) in [5.41, 5.74) is 1.45. The van der Waals surface area contributed by atoms with Gasteiger partial charge in [-0.3, -0.25) is 0 Å². The fourth-order valence-electron chi connectivity index (χ4n) is 3.21. The molecule has 0 amide bonds. The highest BCUT2D eigenvalue weighted by atomic mass is 79.9. The second-order valence-corrected chi connectivity index (χ2v) is 11.9. The monoisotopic (exact) mass is 796 g/mol. The molecular weight excluding hydrogens is 772 g/mol. The van der Waals surface area contributed by atoms with Gasteiger partial charge in [0.15, 0.2) is 11.5 Å². The van der Waals surface area contributed by atoms with E-state index < -0.39 is 30.3 Å². The highest BCUT2D eigenvalue weighted by Gasteiger charge is 2.28. The van der Waals surface area contributed by atoms with Gasteiger partial charge in [-0.05, 0) is 99.1 Å². The largest absolute Gasteiger partial charge is 0.511 e. The minimum atomic E-state index is -0.900. The van der Waals surface area contributed by atoms with E-state index in [1.807, 2.05) is 24.3 Å². The molecule has 0 heterocycles. The van der Waals surface area contributed by atoms with E-state index in [1.54, 1.807) is 13.8 Å². The van der Waals surface area contributed by atoms with Crippen molar-refractivity contribution in [3.8, 4) is 11.5 Å². The molecule has 2 aromatic carbocycles. The Kier molecular flexibility index (Phi) is 12.9. The number of rotatable bonds is 12. The molecule has 0 spiro atoms. The van der Waals surface area contributed by atoms with Crippen molar-refractivity contribution >= 4 is 76.0 Å². The van der Waals surface area contributed by atoms with E-state index >= 15 is 0 Å². The zero-order valence-corrected chi connectivity index (χ0v) is 28.1. The van der Waals surface area contributed by atoms with Crippen molar-refractivity contribution in [2.75, 3.05) is 13.2 Å². The highest BCUT2D eigenvalue weighted by molar-refractivity contribution is 9.11. The van der Waals surface area contributed by atoms with Crippen LogP contribution < -0.4 is 9.47 Å². The molecular formula is C27H28Br4O8. The van der Waals surface area contributed by atoms with Crippen LogP contribution in [-0.4, -0.2) is 38.1 Å². The molecule has 12 heteroatoms. The van der Waals surface area contributed by atoms with Crippen molar-refractivity contribution in [2.24, 2.45) is 0 Å². The van der Waals surface area contributed by atoms with Gasteiger partial charge in [0.05, 0.1) is 17.9 Å². The first-order chi connectivity index (χ1) is 18.3. The Morgan fingerprint density at radius 2 is 1.05 bits per heavy atom. The van der Waals surface area contributed by atoms with Gasteiger partial charge in [0.25, 0.3) is 0 Å². The summed E-state index contributed by atoms with van der Waals surface area (Å²) in [6.07, 6.45) is -0.629. The van der Waals surface area contributed by atoms with Crippen molar-refractivity contribution in [1.29, 1.82) is 0 Å². The number of hydrogen-bond acceptors (Lipinski definition) is 8. The Balaban J connectivity index is 2.23. The predicted molar refractivity (Wildman–Crippen MR) is 161 cm³/mol. The summed E-state index contributed by atoms with van der Waals surface area (Å²) in [5.74, 6) is 0.926. The summed E-state index contributed by atoms with van der Waals surface area (Å²) in [6, 6.07) is 7.72. The molecule has 0 aromatic heterocycles. The Labute approximate surface area is 261 Å². The highest BCUT2D eigenvalue weighted by Crippen LogP contribution is 2.44. The number of benzene rings is 2. The fourth-order valence-corrected chi connectivity index (χ4v) is 5.95. The quantitative estimate of drug-likeness (QED) is 0.119. The van der Waals surface area contributed by atoms with Crippen molar-refractivity contribution in [3.05, 3.63) is 78.6 Å². The van der Waals surface area contributed by atoms with Gasteiger partial charge in [0.2, 0.25) is 12.6 Å². The molecule has 2 rings (SSSR count). The lowest BCUT2D eigenvalue weighted by atomic mass is 9.78. The average molecular weight is 800 g/mol. The molecule has 0 bridgehead atoms. The molecule has 8 nitrogen and oxygen atoms in total. The maximum Gasteiger partial charge on any atom is 0.511 e. The summed E-state index contributed by atoms with van der Waals surface area (Å²) in [6.45, 7) is 14.4. The van der Waals surface area contributed by atoms with Crippen LogP contribution in [0.5, 0.6) is 11.5 Å². The van der Waals surface area contributed by atoms with Crippen LogP contribution in [0.2, 0.25) is 0 Å². The molecule has 212 valence electrons. The molecule has 0 saturated carbocycles. The van der Waals surface area contributed by atoms with Gasteiger partial charge >= 0.3 is 12.3 Å². The van der Waals surface area contributed by atoms with Gasteiger partial charge in [-0.25, -0.2) is 9.59 Å². The second-order valence-electron chi connectivity index (χ2n) is 8.47. The predicted octanol–water partition coefficient (Wildman–Crippen LogP) is 9.19. The van der Waals surface area contributed by atoms with Crippen LogP contribution in [0.3, 0.4) is 0 Å². The average Bonchev–Trinajstić information content (AvgIpc) is 2.85. The Bertz CT molecular complexity index is 1080. The molecule has 0 fully saturated rings. The first-order valence-electron chi connectivity index (χ1n) is 11.5. The number of ether oxygens (including phenoxy) is 6. The summed E-state index contributed by atoms with van der Waals surface area (Å²) in [5, 5.41) is 0. The number of carbonyl (C=O) groups is 2. The molecule has 0 radical (unpaired) electrons. The topological polar surface area (TPSA) is 89.5 Å². The second kappa shape index (κ2) is 15.1. The Hall–Kier alpha value is -2.02. The van der Waals surface area contributed by atoms with Crippen molar-refractivity contribution < 1.29 is 38.0 Å². The molecule has 0 saturated heterocycles. The summed E-state index contributed by atoms with van der Waals surface area (Å²) in [7, 11) is 0. The summed E-state index contributed by atoms with van der Waals surface area (Å²) < 4.78 is 34.1. The van der Waals surface area contributed by atoms with E-state index in [-0.39, 0.29) is 13.2 Å². The van der Waals surface area contributed by atoms with E-state index in [4.69, 9.17) is 28.4 Å². The number of hydrogen-bond donors (Lipinski definition) is 0. The van der Waals surface area contributed by atoms with Gasteiger partial charge in [-0.1, -0.05) is 39.2 Å². The van der Waals surface area contributed by atoms with Gasteiger partial charge in [-0.15, -0.1) is 0 Å². The molecule has 2 aromatic rings. The zero-order valence-electron chi connectivity index (χ0n) is 21.7. The summed E-state index contributed by atoms with van der Waals surface area (Å²) >= 11 is 14.3. The molecule has 0 aliphatic rings. The lowest BCUT2D eigenvalue weighted by molar-refractivity contribution is -0.0521. The molecule has 39 heavy (non-hydrogen) atoms. The van der Waals surface area contributed by atoms with Crippen LogP contribution in [-0.2, 0) is 24.4 Å². The minimum absolute atomic E-state index is 0.0413. The lowest BCUT2D eigenvalue weighted by Gasteiger charge is -2.29. The third-order valence-electron chi connectivity index (χ3n) is 5.17. The van der Waals surface area contributed by atoms with Gasteiger partial charge in [0, 0.05) is 19.3 Å². The standard InChI is InChI=1S/C27H28Br4O8/c1-7-9-34-25(32)38-15(3)36-23-19(28)11-17(12-20(23)29)27(5,6)18-13-21(30)24(22(31)14-18)37-16(4)39-26(33)35-10-8-2/h7-8,11-16H,1-2,9-10H2,3-6H3. The maximum atomic E-state index is 11.7. The van der Waals surface area contributed by atoms with Crippen LogP contribution >= 0.6 is 63.7 Å². The van der Waals surface area contributed by atoms with Crippen LogP contribution in [0.15, 0.2) is 67.5 Å². The van der Waals surface area contributed by atoms with Crippen LogP contribution in [0, 0.1) is 0 Å². The van der Waals surface area contributed by atoms with Crippen LogP contribution in [0.25, 0.3) is 0 Å². The number of carbonyl (C=O) groups excluding carboxylic acids is 2. The molecule has 0 aliphatic heterocycles. The van der Waals surface area contributed by atoms with Gasteiger partial charge < -0.3 is 28.4 Å². The first kappa shape index (κ1) is 33.2. The molecule has 0 aliphatic carbocycles. The van der Waals surface area contributed by atoms with Gasteiger partial charge in [0.1, 0.15) is 13.2 Å². The van der Waals surface area contributed by atoms with Crippen LogP contribution in [0.1, 0.15) is 38.8 Å². The van der Waals surface area contributed by atoms with Gasteiger partial charge in [-0.2, -0.15) is 0 Å². The van der Waals surface area contributed by atoms with E-state index in [0.29, 0.717) is 29.4 Å².